The van der Waals surface area contributed by atoms with Crippen molar-refractivity contribution in [2.45, 2.75) is 39.2 Å². The summed E-state index contributed by atoms with van der Waals surface area (Å²) in [6.07, 6.45) is 5.89. The van der Waals surface area contributed by atoms with Crippen LogP contribution in [0.2, 0.25) is 0 Å². The summed E-state index contributed by atoms with van der Waals surface area (Å²) in [6.45, 7) is 3.72. The number of amides is 1. The SMILES string of the molecule is CCc1cc2c(cc3c(=O)n(CC(=O)N4CCCCC4)ncn32)s1. The molecule has 0 aromatic carbocycles. The topological polar surface area (TPSA) is 59.6 Å². The zero-order valence-corrected chi connectivity index (χ0v) is 14.5. The number of rotatable bonds is 3. The van der Waals surface area contributed by atoms with E-state index in [1.807, 2.05) is 15.4 Å². The van der Waals surface area contributed by atoms with Crippen LogP contribution in [-0.4, -0.2) is 38.1 Å². The van der Waals surface area contributed by atoms with Gasteiger partial charge in [0, 0.05) is 18.0 Å². The highest BCUT2D eigenvalue weighted by Gasteiger charge is 2.19. The second kappa shape index (κ2) is 6.05. The fraction of sp³-hybridized carbons (Fsp3) is 0.471. The van der Waals surface area contributed by atoms with E-state index in [0.717, 1.165) is 42.6 Å². The molecule has 1 amide bonds. The summed E-state index contributed by atoms with van der Waals surface area (Å²) >= 11 is 1.70. The average Bonchev–Trinajstić information content (AvgIpc) is 3.16. The van der Waals surface area contributed by atoms with Crippen molar-refractivity contribution in [1.29, 1.82) is 0 Å². The van der Waals surface area contributed by atoms with Gasteiger partial charge >= 0.3 is 0 Å². The smallest absolute Gasteiger partial charge is 0.291 e. The number of aromatic nitrogens is 3. The lowest BCUT2D eigenvalue weighted by Gasteiger charge is -2.26. The Balaban J connectivity index is 1.68. The number of fused-ring (bicyclic) bond motifs is 3. The third-order valence-corrected chi connectivity index (χ3v) is 5.90. The number of aryl methyl sites for hydroxylation is 1. The van der Waals surface area contributed by atoms with Crippen LogP contribution >= 0.6 is 11.3 Å². The molecule has 126 valence electrons. The van der Waals surface area contributed by atoms with E-state index < -0.39 is 0 Å². The van der Waals surface area contributed by atoms with Crippen LogP contribution in [0.3, 0.4) is 0 Å². The van der Waals surface area contributed by atoms with Gasteiger partial charge in [-0.3, -0.25) is 14.0 Å². The number of hydrogen-bond acceptors (Lipinski definition) is 4. The Labute approximate surface area is 143 Å². The average molecular weight is 344 g/mol. The zero-order chi connectivity index (χ0) is 16.7. The number of piperidine rings is 1. The van der Waals surface area contributed by atoms with Gasteiger partial charge in [0.1, 0.15) is 18.4 Å². The minimum Gasteiger partial charge on any atom is -0.341 e. The van der Waals surface area contributed by atoms with Crippen molar-refractivity contribution in [3.05, 3.63) is 33.7 Å². The molecule has 1 saturated heterocycles. The minimum absolute atomic E-state index is 0.0183. The first-order chi connectivity index (χ1) is 11.7. The Hall–Kier alpha value is -2.15. The van der Waals surface area contributed by atoms with Crippen molar-refractivity contribution in [2.24, 2.45) is 0 Å². The number of carbonyl (C=O) groups is 1. The lowest BCUT2D eigenvalue weighted by Crippen LogP contribution is -2.40. The van der Waals surface area contributed by atoms with Gasteiger partial charge in [-0.2, -0.15) is 5.10 Å². The van der Waals surface area contributed by atoms with Crippen molar-refractivity contribution < 1.29 is 4.79 Å². The van der Waals surface area contributed by atoms with Gasteiger partial charge in [-0.15, -0.1) is 11.3 Å². The number of hydrogen-bond donors (Lipinski definition) is 0. The molecular formula is C17H20N4O2S. The van der Waals surface area contributed by atoms with Crippen molar-refractivity contribution in [2.75, 3.05) is 13.1 Å². The molecule has 0 atom stereocenters. The van der Waals surface area contributed by atoms with E-state index in [1.165, 1.54) is 16.0 Å². The second-order valence-electron chi connectivity index (χ2n) is 6.25. The summed E-state index contributed by atoms with van der Waals surface area (Å²) in [4.78, 5) is 28.2. The molecule has 0 aliphatic carbocycles. The molecule has 0 radical (unpaired) electrons. The molecule has 0 spiro atoms. The first-order valence-corrected chi connectivity index (χ1v) is 9.26. The number of carbonyl (C=O) groups excluding carboxylic acids is 1. The highest BCUT2D eigenvalue weighted by molar-refractivity contribution is 7.19. The molecule has 1 aliphatic heterocycles. The fourth-order valence-electron chi connectivity index (χ4n) is 3.31. The maximum Gasteiger partial charge on any atom is 0.291 e. The van der Waals surface area contributed by atoms with Gasteiger partial charge in [0.05, 0.1) is 10.2 Å². The van der Waals surface area contributed by atoms with Gasteiger partial charge in [0.15, 0.2) is 0 Å². The highest BCUT2D eigenvalue weighted by atomic mass is 32.1. The maximum absolute atomic E-state index is 12.7. The van der Waals surface area contributed by atoms with Gasteiger partial charge < -0.3 is 4.90 Å². The van der Waals surface area contributed by atoms with E-state index >= 15 is 0 Å². The Morgan fingerprint density at radius 3 is 2.75 bits per heavy atom. The standard InChI is InChI=1S/C17H20N4O2S/c1-2-12-8-13-15(24-12)9-14-17(23)21(18-11-20(13)14)10-16(22)19-6-4-3-5-7-19/h8-9,11H,2-7,10H2,1H3. The molecule has 7 heteroatoms. The quantitative estimate of drug-likeness (QED) is 0.732. The van der Waals surface area contributed by atoms with Crippen LogP contribution in [0.4, 0.5) is 0 Å². The monoisotopic (exact) mass is 344 g/mol. The molecule has 6 nitrogen and oxygen atoms in total. The van der Waals surface area contributed by atoms with Gasteiger partial charge in [-0.05, 0) is 37.8 Å². The molecule has 1 fully saturated rings. The summed E-state index contributed by atoms with van der Waals surface area (Å²) < 4.78 is 4.21. The van der Waals surface area contributed by atoms with Crippen LogP contribution in [-0.2, 0) is 17.8 Å². The van der Waals surface area contributed by atoms with E-state index in [4.69, 9.17) is 0 Å². The third kappa shape index (κ3) is 2.53. The van der Waals surface area contributed by atoms with Crippen molar-refractivity contribution in [3.63, 3.8) is 0 Å². The molecule has 0 unspecified atom stereocenters. The van der Waals surface area contributed by atoms with Gasteiger partial charge in [-0.25, -0.2) is 4.68 Å². The van der Waals surface area contributed by atoms with Crippen molar-refractivity contribution in [3.8, 4) is 0 Å². The number of likely N-dealkylation sites (tertiary alicyclic amines) is 1. The number of thiophene rings is 1. The predicted octanol–water partition coefficient (Wildman–Crippen LogP) is 2.29. The summed E-state index contributed by atoms with van der Waals surface area (Å²) in [5.74, 6) is -0.0183. The number of nitrogens with zero attached hydrogens (tertiary/aromatic N) is 4. The van der Waals surface area contributed by atoms with Gasteiger partial charge in [-0.1, -0.05) is 6.92 Å². The Bertz CT molecular complexity index is 962. The van der Waals surface area contributed by atoms with Crippen LogP contribution < -0.4 is 5.56 Å². The summed E-state index contributed by atoms with van der Waals surface area (Å²) in [7, 11) is 0. The van der Waals surface area contributed by atoms with Crippen LogP contribution in [0.25, 0.3) is 15.7 Å². The predicted molar refractivity (Wildman–Crippen MR) is 94.6 cm³/mol. The molecule has 0 N–H and O–H groups in total. The fourth-order valence-corrected chi connectivity index (χ4v) is 4.34. The van der Waals surface area contributed by atoms with Gasteiger partial charge in [0.2, 0.25) is 5.91 Å². The first-order valence-electron chi connectivity index (χ1n) is 8.44. The maximum atomic E-state index is 12.7. The largest absolute Gasteiger partial charge is 0.341 e. The normalized spacial score (nSPS) is 15.5. The lowest BCUT2D eigenvalue weighted by molar-refractivity contribution is -0.133. The molecule has 4 rings (SSSR count). The Morgan fingerprint density at radius 2 is 2.00 bits per heavy atom. The molecule has 3 aromatic rings. The van der Waals surface area contributed by atoms with Gasteiger partial charge in [0.25, 0.3) is 5.56 Å². The Kier molecular flexibility index (Phi) is 3.88. The van der Waals surface area contributed by atoms with Crippen LogP contribution in [0.1, 0.15) is 31.1 Å². The molecule has 1 aliphatic rings. The van der Waals surface area contributed by atoms with E-state index in [0.29, 0.717) is 5.52 Å². The third-order valence-electron chi connectivity index (χ3n) is 4.68. The van der Waals surface area contributed by atoms with Crippen LogP contribution in [0.5, 0.6) is 0 Å². The molecule has 3 aromatic heterocycles. The highest BCUT2D eigenvalue weighted by Crippen LogP contribution is 2.28. The Morgan fingerprint density at radius 1 is 1.21 bits per heavy atom. The lowest BCUT2D eigenvalue weighted by atomic mass is 10.1. The summed E-state index contributed by atoms with van der Waals surface area (Å²) in [5.41, 5.74) is 1.40. The molecule has 4 heterocycles. The first kappa shape index (κ1) is 15.4. The van der Waals surface area contributed by atoms with E-state index in [2.05, 4.69) is 18.1 Å². The molecule has 24 heavy (non-hydrogen) atoms. The molecule has 0 saturated carbocycles. The summed E-state index contributed by atoms with van der Waals surface area (Å²) in [5, 5.41) is 4.22. The van der Waals surface area contributed by atoms with Crippen LogP contribution in [0, 0.1) is 0 Å². The summed E-state index contributed by atoms with van der Waals surface area (Å²) in [6, 6.07) is 4.02. The van der Waals surface area contributed by atoms with E-state index in [1.54, 1.807) is 17.7 Å². The van der Waals surface area contributed by atoms with Crippen molar-refractivity contribution >= 4 is 33.0 Å². The minimum atomic E-state index is -0.204. The molecular weight excluding hydrogens is 324 g/mol. The molecule has 0 bridgehead atoms. The van der Waals surface area contributed by atoms with Crippen LogP contribution in [0.15, 0.2) is 23.3 Å². The van der Waals surface area contributed by atoms with E-state index in [9.17, 15) is 9.59 Å². The zero-order valence-electron chi connectivity index (χ0n) is 13.7. The van der Waals surface area contributed by atoms with Crippen molar-refractivity contribution in [1.82, 2.24) is 19.1 Å². The second-order valence-corrected chi connectivity index (χ2v) is 7.42. The van der Waals surface area contributed by atoms with E-state index in [-0.39, 0.29) is 18.0 Å².